The first-order valence-electron chi connectivity index (χ1n) is 5.06. The third-order valence-corrected chi connectivity index (χ3v) is 2.62. The second-order valence-corrected chi connectivity index (χ2v) is 3.80. The van der Waals surface area contributed by atoms with Crippen LogP contribution in [0, 0.1) is 0 Å². The third kappa shape index (κ3) is 1.74. The quantitative estimate of drug-likeness (QED) is 0.437. The summed E-state index contributed by atoms with van der Waals surface area (Å²) in [5.74, 6) is -1.88. The molecule has 0 bridgehead atoms. The van der Waals surface area contributed by atoms with Crippen molar-refractivity contribution in [2.45, 2.75) is 18.4 Å². The Kier molecular flexibility index (Phi) is 2.77. The maximum Gasteiger partial charge on any atom is 0.238 e. The highest BCUT2D eigenvalue weighted by molar-refractivity contribution is 5.59. The summed E-state index contributed by atoms with van der Waals surface area (Å²) in [5, 5.41) is 29.7. The first-order chi connectivity index (χ1) is 7.56. The lowest BCUT2D eigenvalue weighted by molar-refractivity contribution is 0.0865. The van der Waals surface area contributed by atoms with E-state index >= 15 is 0 Å². The van der Waals surface area contributed by atoms with Crippen LogP contribution in [-0.4, -0.2) is 33.9 Å². The summed E-state index contributed by atoms with van der Waals surface area (Å²) in [6.07, 6.45) is -0.869. The highest BCUT2D eigenvalue weighted by atomic mass is 16.3. The molecule has 5 N–H and O–H groups in total. The van der Waals surface area contributed by atoms with E-state index in [1.54, 1.807) is 24.3 Å². The molecule has 0 amide bonds. The molecule has 5 nitrogen and oxygen atoms in total. The van der Waals surface area contributed by atoms with Gasteiger partial charge in [-0.15, -0.1) is 0 Å². The van der Waals surface area contributed by atoms with Crippen LogP contribution in [0.3, 0.4) is 0 Å². The molecule has 1 aromatic carbocycles. The first kappa shape index (κ1) is 11.2. The summed E-state index contributed by atoms with van der Waals surface area (Å²) in [7, 11) is 0. The zero-order valence-electron chi connectivity index (χ0n) is 8.67. The van der Waals surface area contributed by atoms with Gasteiger partial charge in [-0.2, -0.15) is 0 Å². The van der Waals surface area contributed by atoms with Crippen molar-refractivity contribution in [1.82, 2.24) is 0 Å². The van der Waals surface area contributed by atoms with Crippen LogP contribution in [0.2, 0.25) is 0 Å². The van der Waals surface area contributed by atoms with Gasteiger partial charge in [0, 0.05) is 23.8 Å². The molecule has 0 spiro atoms. The fourth-order valence-corrected chi connectivity index (χ4v) is 1.93. The van der Waals surface area contributed by atoms with Gasteiger partial charge in [0.15, 0.2) is 0 Å². The normalized spacial score (nSPS) is 25.1. The summed E-state index contributed by atoms with van der Waals surface area (Å²) in [5.41, 5.74) is 5.86. The van der Waals surface area contributed by atoms with Crippen molar-refractivity contribution in [3.63, 3.8) is 0 Å². The van der Waals surface area contributed by atoms with E-state index in [1.807, 2.05) is 0 Å². The highest BCUT2D eigenvalue weighted by Gasteiger charge is 2.34. The van der Waals surface area contributed by atoms with E-state index < -0.39 is 12.0 Å². The fraction of sp³-hybridized carbons (Fsp3) is 0.364. The summed E-state index contributed by atoms with van der Waals surface area (Å²) in [6, 6.07) is 7.01. The van der Waals surface area contributed by atoms with Crippen molar-refractivity contribution in [2.75, 3.05) is 6.61 Å². The van der Waals surface area contributed by atoms with Crippen molar-refractivity contribution in [2.24, 2.45) is 10.7 Å². The fourth-order valence-electron chi connectivity index (χ4n) is 1.93. The molecule has 2 atom stereocenters. The number of hydrogen-bond donors (Lipinski definition) is 4. The summed E-state index contributed by atoms with van der Waals surface area (Å²) in [4.78, 5) is 3.92. The Labute approximate surface area is 92.2 Å². The van der Waals surface area contributed by atoms with Gasteiger partial charge in [-0.3, -0.25) is 5.73 Å². The number of aliphatic hydroxyl groups is 3. The number of benzene rings is 1. The first-order valence-corrected chi connectivity index (χ1v) is 5.06. The third-order valence-electron chi connectivity index (χ3n) is 2.62. The molecule has 0 saturated carbocycles. The molecule has 1 aliphatic heterocycles. The number of aliphatic hydroxyl groups excluding tert-OH is 2. The summed E-state index contributed by atoms with van der Waals surface area (Å²) in [6.45, 7) is -0.178. The van der Waals surface area contributed by atoms with Crippen molar-refractivity contribution in [3.05, 3.63) is 34.8 Å². The number of nitrogens with two attached hydrogens (primary N) is 1. The van der Waals surface area contributed by atoms with Crippen LogP contribution in [0.15, 0.2) is 29.3 Å². The average Bonchev–Trinajstić information content (AvgIpc) is 2.47. The minimum atomic E-state index is -1.88. The maximum absolute atomic E-state index is 9.91. The Morgan fingerprint density at radius 1 is 1.38 bits per heavy atom. The van der Waals surface area contributed by atoms with E-state index in [4.69, 9.17) is 10.8 Å². The lowest BCUT2D eigenvalue weighted by Crippen LogP contribution is -2.43. The van der Waals surface area contributed by atoms with Crippen molar-refractivity contribution in [3.8, 4) is 0 Å². The Bertz CT molecular complexity index is 510. The number of para-hydroxylation sites is 1. The molecule has 0 fully saturated rings. The van der Waals surface area contributed by atoms with Gasteiger partial charge in [0.25, 0.3) is 0 Å². The van der Waals surface area contributed by atoms with Crippen molar-refractivity contribution >= 4 is 5.57 Å². The molecule has 1 heterocycles. The SMILES string of the molecule is NC1(O)N=c2ccccc2=C1C(O)CCO. The largest absolute Gasteiger partial charge is 0.396 e. The van der Waals surface area contributed by atoms with Crippen LogP contribution in [0.25, 0.3) is 5.57 Å². The molecular formula is C11H14N2O3. The number of rotatable bonds is 3. The van der Waals surface area contributed by atoms with Crippen LogP contribution >= 0.6 is 0 Å². The Morgan fingerprint density at radius 3 is 2.75 bits per heavy atom. The zero-order chi connectivity index (χ0) is 11.8. The molecular weight excluding hydrogens is 208 g/mol. The zero-order valence-corrected chi connectivity index (χ0v) is 8.67. The molecule has 16 heavy (non-hydrogen) atoms. The van der Waals surface area contributed by atoms with E-state index in [2.05, 4.69) is 4.99 Å². The smallest absolute Gasteiger partial charge is 0.238 e. The van der Waals surface area contributed by atoms with Gasteiger partial charge in [0.2, 0.25) is 5.85 Å². The molecule has 2 unspecified atom stereocenters. The van der Waals surface area contributed by atoms with Gasteiger partial charge in [-0.1, -0.05) is 18.2 Å². The van der Waals surface area contributed by atoms with Gasteiger partial charge in [0.05, 0.1) is 11.5 Å². The Morgan fingerprint density at radius 2 is 2.06 bits per heavy atom. The number of fused-ring (bicyclic) bond motifs is 1. The minimum Gasteiger partial charge on any atom is -0.396 e. The molecule has 0 aliphatic carbocycles. The van der Waals surface area contributed by atoms with E-state index in [0.29, 0.717) is 10.6 Å². The molecule has 0 saturated heterocycles. The molecule has 1 aromatic rings. The lowest BCUT2D eigenvalue weighted by atomic mass is 10.0. The van der Waals surface area contributed by atoms with Crippen molar-refractivity contribution < 1.29 is 15.3 Å². The molecule has 1 aliphatic rings. The van der Waals surface area contributed by atoms with E-state index in [1.165, 1.54) is 0 Å². The molecule has 5 heteroatoms. The predicted molar refractivity (Wildman–Crippen MR) is 57.5 cm³/mol. The minimum absolute atomic E-state index is 0.124. The van der Waals surface area contributed by atoms with Crippen LogP contribution < -0.4 is 16.3 Å². The van der Waals surface area contributed by atoms with Gasteiger partial charge < -0.3 is 15.3 Å². The molecule has 2 rings (SSSR count). The van der Waals surface area contributed by atoms with Crippen LogP contribution in [0.5, 0.6) is 0 Å². The number of nitrogens with zero attached hydrogens (tertiary/aromatic N) is 1. The second kappa shape index (κ2) is 3.95. The monoisotopic (exact) mass is 222 g/mol. The van der Waals surface area contributed by atoms with E-state index in [0.717, 1.165) is 0 Å². The molecule has 0 radical (unpaired) electrons. The Balaban J connectivity index is 2.61. The van der Waals surface area contributed by atoms with Crippen molar-refractivity contribution in [1.29, 1.82) is 0 Å². The topological polar surface area (TPSA) is 99.1 Å². The van der Waals surface area contributed by atoms with Crippen LogP contribution in [-0.2, 0) is 0 Å². The summed E-state index contributed by atoms with van der Waals surface area (Å²) < 4.78 is 0. The van der Waals surface area contributed by atoms with Crippen LogP contribution in [0.4, 0.5) is 0 Å². The summed E-state index contributed by atoms with van der Waals surface area (Å²) >= 11 is 0. The maximum atomic E-state index is 9.91. The predicted octanol–water partition coefficient (Wildman–Crippen LogP) is -2.18. The van der Waals surface area contributed by atoms with Gasteiger partial charge in [-0.25, -0.2) is 4.99 Å². The standard InChI is InChI=1S/C11H14N2O3/c12-11(16)10(9(15)5-6-14)7-3-1-2-4-8(7)13-11/h1-4,9,14-16H,5-6,12H2. The van der Waals surface area contributed by atoms with E-state index in [-0.39, 0.29) is 18.6 Å². The van der Waals surface area contributed by atoms with Gasteiger partial charge in [-0.05, 0) is 6.07 Å². The van der Waals surface area contributed by atoms with Gasteiger partial charge in [0.1, 0.15) is 0 Å². The lowest BCUT2D eigenvalue weighted by Gasteiger charge is -2.22. The average molecular weight is 222 g/mol. The molecule has 0 aromatic heterocycles. The van der Waals surface area contributed by atoms with Crippen LogP contribution in [0.1, 0.15) is 6.42 Å². The number of hydrogen-bond acceptors (Lipinski definition) is 5. The Hall–Kier alpha value is -1.27. The molecule has 86 valence electrons. The van der Waals surface area contributed by atoms with Gasteiger partial charge >= 0.3 is 0 Å². The second-order valence-electron chi connectivity index (χ2n) is 3.80. The highest BCUT2D eigenvalue weighted by Crippen LogP contribution is 2.20. The van der Waals surface area contributed by atoms with E-state index in [9.17, 15) is 10.2 Å².